The van der Waals surface area contributed by atoms with E-state index < -0.39 is 0 Å². The minimum absolute atomic E-state index is 0.0256. The first kappa shape index (κ1) is 18.9. The van der Waals surface area contributed by atoms with Crippen LogP contribution in [0.25, 0.3) is 6.08 Å². The summed E-state index contributed by atoms with van der Waals surface area (Å²) >= 11 is 5.89. The Kier molecular flexibility index (Phi) is 6.33. The second-order valence-electron chi connectivity index (χ2n) is 6.88. The molecule has 5 nitrogen and oxygen atoms in total. The summed E-state index contributed by atoms with van der Waals surface area (Å²) in [6, 6.07) is 7.42. The maximum atomic E-state index is 12.7. The van der Waals surface area contributed by atoms with Crippen molar-refractivity contribution >= 4 is 29.5 Å². The number of rotatable bonds is 3. The predicted octanol–water partition coefficient (Wildman–Crippen LogP) is 2.84. The van der Waals surface area contributed by atoms with E-state index in [9.17, 15) is 9.59 Å². The van der Waals surface area contributed by atoms with Crippen molar-refractivity contribution in [3.05, 3.63) is 40.4 Å². The monoisotopic (exact) mass is 376 g/mol. The molecule has 0 spiro atoms. The molecule has 0 atom stereocenters. The van der Waals surface area contributed by atoms with Crippen molar-refractivity contribution in [2.45, 2.75) is 19.8 Å². The Morgan fingerprint density at radius 1 is 1.04 bits per heavy atom. The number of piperidine rings is 1. The fourth-order valence-corrected chi connectivity index (χ4v) is 3.62. The molecule has 1 aromatic carbocycles. The van der Waals surface area contributed by atoms with Crippen LogP contribution in [0.1, 0.15) is 25.3 Å². The maximum absolute atomic E-state index is 12.7. The van der Waals surface area contributed by atoms with Gasteiger partial charge in [-0.2, -0.15) is 0 Å². The summed E-state index contributed by atoms with van der Waals surface area (Å²) in [5, 5.41) is 0.679. The van der Waals surface area contributed by atoms with Crippen LogP contribution in [-0.2, 0) is 14.3 Å². The fourth-order valence-electron chi connectivity index (χ4n) is 3.49. The van der Waals surface area contributed by atoms with Gasteiger partial charge in [-0.25, -0.2) is 0 Å². The van der Waals surface area contributed by atoms with Crippen LogP contribution in [0.4, 0.5) is 0 Å². The van der Waals surface area contributed by atoms with Crippen molar-refractivity contribution in [2.75, 3.05) is 39.4 Å². The third kappa shape index (κ3) is 4.65. The highest BCUT2D eigenvalue weighted by Gasteiger charge is 2.31. The molecule has 2 aliphatic heterocycles. The third-order valence-corrected chi connectivity index (χ3v) is 5.30. The van der Waals surface area contributed by atoms with Crippen molar-refractivity contribution in [1.29, 1.82) is 0 Å². The van der Waals surface area contributed by atoms with E-state index in [1.165, 1.54) is 0 Å². The van der Waals surface area contributed by atoms with Gasteiger partial charge >= 0.3 is 0 Å². The van der Waals surface area contributed by atoms with Gasteiger partial charge in [-0.15, -0.1) is 0 Å². The number of morpholine rings is 1. The molecule has 0 radical (unpaired) electrons. The molecule has 26 heavy (non-hydrogen) atoms. The molecule has 0 aromatic heterocycles. The number of hydrogen-bond acceptors (Lipinski definition) is 3. The largest absolute Gasteiger partial charge is 0.378 e. The molecule has 2 heterocycles. The number of ether oxygens (including phenoxy) is 1. The molecule has 6 heteroatoms. The lowest BCUT2D eigenvalue weighted by molar-refractivity contribution is -0.143. The summed E-state index contributed by atoms with van der Waals surface area (Å²) in [7, 11) is 0. The first-order valence-electron chi connectivity index (χ1n) is 9.14. The molecule has 140 valence electrons. The van der Waals surface area contributed by atoms with Crippen LogP contribution in [0.2, 0.25) is 5.02 Å². The van der Waals surface area contributed by atoms with Gasteiger partial charge in [-0.1, -0.05) is 23.7 Å². The summed E-state index contributed by atoms with van der Waals surface area (Å²) in [6.07, 6.45) is 3.34. The van der Waals surface area contributed by atoms with Gasteiger partial charge in [0.05, 0.1) is 13.2 Å². The van der Waals surface area contributed by atoms with E-state index >= 15 is 0 Å². The van der Waals surface area contributed by atoms with Gasteiger partial charge in [0.15, 0.2) is 0 Å². The number of carbonyl (C=O) groups is 2. The highest BCUT2D eigenvalue weighted by molar-refractivity contribution is 6.30. The Labute approximate surface area is 159 Å². The molecular weight excluding hydrogens is 352 g/mol. The molecule has 2 saturated heterocycles. The Hall–Kier alpha value is -1.85. The van der Waals surface area contributed by atoms with Crippen molar-refractivity contribution in [3.8, 4) is 0 Å². The average Bonchev–Trinajstić information content (AvgIpc) is 2.69. The molecule has 0 bridgehead atoms. The van der Waals surface area contributed by atoms with E-state index in [1.807, 2.05) is 47.1 Å². The molecule has 0 saturated carbocycles. The topological polar surface area (TPSA) is 49.9 Å². The van der Waals surface area contributed by atoms with Gasteiger partial charge in [0.1, 0.15) is 0 Å². The van der Waals surface area contributed by atoms with Crippen molar-refractivity contribution in [1.82, 2.24) is 9.80 Å². The molecule has 2 aliphatic rings. The lowest BCUT2D eigenvalue weighted by Crippen LogP contribution is -2.47. The zero-order chi connectivity index (χ0) is 18.5. The molecule has 2 fully saturated rings. The van der Waals surface area contributed by atoms with E-state index in [-0.39, 0.29) is 17.7 Å². The van der Waals surface area contributed by atoms with Crippen LogP contribution in [0.5, 0.6) is 0 Å². The lowest BCUT2D eigenvalue weighted by atomic mass is 9.94. The highest BCUT2D eigenvalue weighted by atomic mass is 35.5. The second kappa shape index (κ2) is 8.69. The van der Waals surface area contributed by atoms with Crippen LogP contribution in [0, 0.1) is 5.92 Å². The number of likely N-dealkylation sites (tertiary alicyclic amines) is 1. The third-order valence-electron chi connectivity index (χ3n) is 5.04. The minimum atomic E-state index is 0.0256. The van der Waals surface area contributed by atoms with Gasteiger partial charge < -0.3 is 14.5 Å². The minimum Gasteiger partial charge on any atom is -0.378 e. The number of nitrogens with zero attached hydrogens (tertiary/aromatic N) is 2. The molecule has 2 amide bonds. The van der Waals surface area contributed by atoms with E-state index in [4.69, 9.17) is 16.3 Å². The average molecular weight is 377 g/mol. The Bertz CT molecular complexity index is 673. The van der Waals surface area contributed by atoms with E-state index in [0.717, 1.165) is 18.4 Å². The standard InChI is InChI=1S/C20H25ClN2O3/c1-15(14-16-2-4-18(21)5-3-16)19(24)22-8-6-17(7-9-22)20(25)23-10-12-26-13-11-23/h2-5,14,17H,6-13H2,1H3/b15-14+. The summed E-state index contributed by atoms with van der Waals surface area (Å²) < 4.78 is 5.31. The predicted molar refractivity (Wildman–Crippen MR) is 102 cm³/mol. The van der Waals surface area contributed by atoms with E-state index in [2.05, 4.69) is 0 Å². The smallest absolute Gasteiger partial charge is 0.249 e. The summed E-state index contributed by atoms with van der Waals surface area (Å²) in [4.78, 5) is 29.0. The van der Waals surface area contributed by atoms with E-state index in [1.54, 1.807) is 0 Å². The Morgan fingerprint density at radius 3 is 2.27 bits per heavy atom. The number of amides is 2. The second-order valence-corrected chi connectivity index (χ2v) is 7.32. The van der Waals surface area contributed by atoms with Crippen LogP contribution in [0.3, 0.4) is 0 Å². The zero-order valence-electron chi connectivity index (χ0n) is 15.1. The molecule has 0 N–H and O–H groups in total. The highest BCUT2D eigenvalue weighted by Crippen LogP contribution is 2.22. The lowest BCUT2D eigenvalue weighted by Gasteiger charge is -2.35. The first-order chi connectivity index (χ1) is 12.5. The SMILES string of the molecule is C/C(=C\c1ccc(Cl)cc1)C(=O)N1CCC(C(=O)N2CCOCC2)CC1. The number of halogens is 1. The van der Waals surface area contributed by atoms with Gasteiger partial charge in [-0.05, 0) is 43.5 Å². The Balaban J connectivity index is 1.54. The van der Waals surface area contributed by atoms with Gasteiger partial charge in [-0.3, -0.25) is 9.59 Å². The van der Waals surface area contributed by atoms with Crippen LogP contribution in [-0.4, -0.2) is 61.0 Å². The number of benzene rings is 1. The van der Waals surface area contributed by atoms with Crippen LogP contribution >= 0.6 is 11.6 Å². The van der Waals surface area contributed by atoms with Gasteiger partial charge in [0.25, 0.3) is 0 Å². The van der Waals surface area contributed by atoms with E-state index in [0.29, 0.717) is 50.0 Å². The molecule has 0 aliphatic carbocycles. The first-order valence-corrected chi connectivity index (χ1v) is 9.52. The van der Waals surface area contributed by atoms with Crippen molar-refractivity contribution in [3.63, 3.8) is 0 Å². The van der Waals surface area contributed by atoms with Crippen molar-refractivity contribution in [2.24, 2.45) is 5.92 Å². The van der Waals surface area contributed by atoms with Crippen molar-refractivity contribution < 1.29 is 14.3 Å². The summed E-state index contributed by atoms with van der Waals surface area (Å²) in [5.74, 6) is 0.281. The molecular formula is C20H25ClN2O3. The fraction of sp³-hybridized carbons (Fsp3) is 0.500. The summed E-state index contributed by atoms with van der Waals surface area (Å²) in [5.41, 5.74) is 1.66. The number of hydrogen-bond donors (Lipinski definition) is 0. The maximum Gasteiger partial charge on any atom is 0.249 e. The van der Waals surface area contributed by atoms with Gasteiger partial charge in [0.2, 0.25) is 11.8 Å². The Morgan fingerprint density at radius 2 is 1.65 bits per heavy atom. The van der Waals surface area contributed by atoms with Gasteiger partial charge in [0, 0.05) is 42.7 Å². The number of carbonyl (C=O) groups excluding carboxylic acids is 2. The molecule has 3 rings (SSSR count). The summed E-state index contributed by atoms with van der Waals surface area (Å²) in [6.45, 7) is 5.70. The zero-order valence-corrected chi connectivity index (χ0v) is 15.9. The quantitative estimate of drug-likeness (QED) is 0.762. The van der Waals surface area contributed by atoms with Crippen LogP contribution < -0.4 is 0 Å². The normalized spacial score (nSPS) is 19.5. The van der Waals surface area contributed by atoms with Crippen LogP contribution in [0.15, 0.2) is 29.8 Å². The molecule has 0 unspecified atom stereocenters. The molecule has 1 aromatic rings.